The second-order valence-corrected chi connectivity index (χ2v) is 3.61. The SMILES string of the molecule is CCc1c(Br)cn(C)c1C(=O)OC. The standard InChI is InChI=1S/C9H12BrNO2/c1-4-6-7(10)5-11(2)8(6)9(12)13-3/h5H,4H2,1-3H3. The molecule has 4 heteroatoms. The molecule has 0 bridgehead atoms. The van der Waals surface area contributed by atoms with Gasteiger partial charge in [-0.15, -0.1) is 0 Å². The van der Waals surface area contributed by atoms with Crippen molar-refractivity contribution in [3.8, 4) is 0 Å². The lowest BCUT2D eigenvalue weighted by molar-refractivity contribution is 0.0588. The number of rotatable bonds is 2. The zero-order chi connectivity index (χ0) is 10.0. The van der Waals surface area contributed by atoms with Gasteiger partial charge in [0.1, 0.15) is 5.69 Å². The summed E-state index contributed by atoms with van der Waals surface area (Å²) in [7, 11) is 3.22. The van der Waals surface area contributed by atoms with Crippen LogP contribution in [0.15, 0.2) is 10.7 Å². The molecule has 0 unspecified atom stereocenters. The predicted octanol–water partition coefficient (Wildman–Crippen LogP) is 2.14. The van der Waals surface area contributed by atoms with Gasteiger partial charge >= 0.3 is 5.97 Å². The van der Waals surface area contributed by atoms with E-state index in [4.69, 9.17) is 4.74 Å². The molecule has 0 aliphatic carbocycles. The summed E-state index contributed by atoms with van der Waals surface area (Å²) >= 11 is 3.40. The third kappa shape index (κ3) is 1.77. The molecule has 0 spiro atoms. The molecule has 0 aromatic carbocycles. The number of esters is 1. The van der Waals surface area contributed by atoms with Crippen LogP contribution in [0, 0.1) is 0 Å². The van der Waals surface area contributed by atoms with E-state index in [1.165, 1.54) is 7.11 Å². The number of hydrogen-bond donors (Lipinski definition) is 0. The Morgan fingerprint density at radius 1 is 1.69 bits per heavy atom. The zero-order valence-electron chi connectivity index (χ0n) is 7.93. The normalized spacial score (nSPS) is 10.2. The highest BCUT2D eigenvalue weighted by atomic mass is 79.9. The lowest BCUT2D eigenvalue weighted by Gasteiger charge is -2.03. The molecule has 1 aromatic heterocycles. The van der Waals surface area contributed by atoms with Crippen LogP contribution in [0.3, 0.4) is 0 Å². The molecule has 0 saturated carbocycles. The van der Waals surface area contributed by atoms with Crippen LogP contribution in [0.25, 0.3) is 0 Å². The highest BCUT2D eigenvalue weighted by molar-refractivity contribution is 9.10. The number of carbonyl (C=O) groups excluding carboxylic acids is 1. The van der Waals surface area contributed by atoms with Gasteiger partial charge < -0.3 is 9.30 Å². The molecule has 0 aliphatic heterocycles. The molecule has 0 aliphatic rings. The Morgan fingerprint density at radius 2 is 2.31 bits per heavy atom. The molecular formula is C9H12BrNO2. The first-order valence-corrected chi connectivity index (χ1v) is 4.83. The smallest absolute Gasteiger partial charge is 0.354 e. The average molecular weight is 246 g/mol. The summed E-state index contributed by atoms with van der Waals surface area (Å²) in [5.41, 5.74) is 1.62. The third-order valence-corrected chi connectivity index (χ3v) is 2.65. The van der Waals surface area contributed by atoms with E-state index in [1.807, 2.05) is 20.2 Å². The fourth-order valence-corrected chi connectivity index (χ4v) is 2.11. The Labute approximate surface area is 85.8 Å². The van der Waals surface area contributed by atoms with E-state index < -0.39 is 0 Å². The van der Waals surface area contributed by atoms with Gasteiger partial charge in [0.2, 0.25) is 0 Å². The van der Waals surface area contributed by atoms with Gasteiger partial charge in [0.05, 0.1) is 7.11 Å². The number of aryl methyl sites for hydroxylation is 1. The van der Waals surface area contributed by atoms with Crippen molar-refractivity contribution in [1.29, 1.82) is 0 Å². The molecule has 1 heterocycles. The van der Waals surface area contributed by atoms with Gasteiger partial charge in [-0.25, -0.2) is 4.79 Å². The average Bonchev–Trinajstić information content (AvgIpc) is 2.39. The Bertz CT molecular complexity index is 331. The minimum atomic E-state index is -0.287. The minimum absolute atomic E-state index is 0.287. The van der Waals surface area contributed by atoms with E-state index in [9.17, 15) is 4.79 Å². The van der Waals surface area contributed by atoms with E-state index in [0.29, 0.717) is 5.69 Å². The van der Waals surface area contributed by atoms with Crippen LogP contribution in [0.1, 0.15) is 23.0 Å². The van der Waals surface area contributed by atoms with E-state index in [2.05, 4.69) is 15.9 Å². The van der Waals surface area contributed by atoms with Crippen LogP contribution in [0.4, 0.5) is 0 Å². The fraction of sp³-hybridized carbons (Fsp3) is 0.444. The molecule has 13 heavy (non-hydrogen) atoms. The van der Waals surface area contributed by atoms with Gasteiger partial charge in [0, 0.05) is 17.7 Å². The van der Waals surface area contributed by atoms with Gasteiger partial charge in [0.15, 0.2) is 0 Å². The molecule has 3 nitrogen and oxygen atoms in total. The monoisotopic (exact) mass is 245 g/mol. The predicted molar refractivity (Wildman–Crippen MR) is 53.8 cm³/mol. The zero-order valence-corrected chi connectivity index (χ0v) is 9.51. The van der Waals surface area contributed by atoms with Gasteiger partial charge in [-0.2, -0.15) is 0 Å². The van der Waals surface area contributed by atoms with Gasteiger partial charge in [-0.05, 0) is 27.9 Å². The first kappa shape index (κ1) is 10.3. The second-order valence-electron chi connectivity index (χ2n) is 2.76. The van der Waals surface area contributed by atoms with Crippen LogP contribution in [-0.2, 0) is 18.2 Å². The van der Waals surface area contributed by atoms with Crippen molar-refractivity contribution < 1.29 is 9.53 Å². The minimum Gasteiger partial charge on any atom is -0.464 e. The highest BCUT2D eigenvalue weighted by Gasteiger charge is 2.17. The number of methoxy groups -OCH3 is 1. The van der Waals surface area contributed by atoms with Crippen LogP contribution in [0.5, 0.6) is 0 Å². The largest absolute Gasteiger partial charge is 0.464 e. The van der Waals surface area contributed by atoms with E-state index in [1.54, 1.807) is 4.57 Å². The number of halogens is 1. The van der Waals surface area contributed by atoms with Crippen molar-refractivity contribution in [2.75, 3.05) is 7.11 Å². The Hall–Kier alpha value is -0.770. The maximum absolute atomic E-state index is 11.4. The van der Waals surface area contributed by atoms with E-state index in [0.717, 1.165) is 16.5 Å². The molecule has 0 atom stereocenters. The summed E-state index contributed by atoms with van der Waals surface area (Å²) in [6, 6.07) is 0. The number of ether oxygens (including phenoxy) is 1. The maximum Gasteiger partial charge on any atom is 0.354 e. The number of nitrogens with zero attached hydrogens (tertiary/aromatic N) is 1. The maximum atomic E-state index is 11.4. The van der Waals surface area contributed by atoms with Crippen molar-refractivity contribution in [2.24, 2.45) is 7.05 Å². The first-order chi connectivity index (χ1) is 6.11. The highest BCUT2D eigenvalue weighted by Crippen LogP contribution is 2.23. The molecule has 1 rings (SSSR count). The summed E-state index contributed by atoms with van der Waals surface area (Å²) in [6.07, 6.45) is 2.68. The van der Waals surface area contributed by atoms with Crippen LogP contribution < -0.4 is 0 Å². The summed E-state index contributed by atoms with van der Waals surface area (Å²) < 4.78 is 7.42. The van der Waals surface area contributed by atoms with Crippen molar-refractivity contribution >= 4 is 21.9 Å². The summed E-state index contributed by atoms with van der Waals surface area (Å²) in [5.74, 6) is -0.287. The molecular weight excluding hydrogens is 234 g/mol. The fourth-order valence-electron chi connectivity index (χ4n) is 1.34. The molecule has 0 fully saturated rings. The van der Waals surface area contributed by atoms with E-state index in [-0.39, 0.29) is 5.97 Å². The molecule has 0 radical (unpaired) electrons. The molecule has 0 saturated heterocycles. The quantitative estimate of drug-likeness (QED) is 0.748. The summed E-state index contributed by atoms with van der Waals surface area (Å²) in [4.78, 5) is 11.4. The van der Waals surface area contributed by atoms with Crippen LogP contribution in [0.2, 0.25) is 0 Å². The second kappa shape index (κ2) is 3.96. The summed E-state index contributed by atoms with van der Waals surface area (Å²) in [6.45, 7) is 2.01. The number of hydrogen-bond acceptors (Lipinski definition) is 2. The van der Waals surface area contributed by atoms with Crippen molar-refractivity contribution in [1.82, 2.24) is 4.57 Å². The van der Waals surface area contributed by atoms with Gasteiger partial charge in [-0.1, -0.05) is 6.92 Å². The van der Waals surface area contributed by atoms with Crippen LogP contribution >= 0.6 is 15.9 Å². The number of aromatic nitrogens is 1. The van der Waals surface area contributed by atoms with Crippen molar-refractivity contribution in [3.05, 3.63) is 21.9 Å². The third-order valence-electron chi connectivity index (χ3n) is 1.97. The van der Waals surface area contributed by atoms with Crippen molar-refractivity contribution in [2.45, 2.75) is 13.3 Å². The molecule has 0 amide bonds. The topological polar surface area (TPSA) is 31.2 Å². The molecule has 72 valence electrons. The Balaban J connectivity index is 3.24. The Kier molecular flexibility index (Phi) is 3.14. The lowest BCUT2D eigenvalue weighted by Crippen LogP contribution is -2.09. The first-order valence-electron chi connectivity index (χ1n) is 4.03. The van der Waals surface area contributed by atoms with Gasteiger partial charge in [0.25, 0.3) is 0 Å². The van der Waals surface area contributed by atoms with Crippen LogP contribution in [-0.4, -0.2) is 17.6 Å². The van der Waals surface area contributed by atoms with Crippen molar-refractivity contribution in [3.63, 3.8) is 0 Å². The lowest BCUT2D eigenvalue weighted by atomic mass is 10.2. The van der Waals surface area contributed by atoms with E-state index >= 15 is 0 Å². The molecule has 0 N–H and O–H groups in total. The van der Waals surface area contributed by atoms with Gasteiger partial charge in [-0.3, -0.25) is 0 Å². The Morgan fingerprint density at radius 3 is 2.77 bits per heavy atom. The molecule has 1 aromatic rings. The summed E-state index contributed by atoms with van der Waals surface area (Å²) in [5, 5.41) is 0. The number of carbonyl (C=O) groups is 1.